The smallest absolute Gasteiger partial charge is 0.511 e. The third kappa shape index (κ3) is 8.20. The van der Waals surface area contributed by atoms with Crippen LogP contribution in [0.5, 0.6) is 0 Å². The summed E-state index contributed by atoms with van der Waals surface area (Å²) in [7, 11) is -4.46. The van der Waals surface area contributed by atoms with Crippen molar-refractivity contribution in [3.8, 4) is 16.9 Å². The van der Waals surface area contributed by atoms with Crippen LogP contribution in [-0.2, 0) is 35.3 Å². The van der Waals surface area contributed by atoms with Crippen LogP contribution >= 0.6 is 0 Å². The van der Waals surface area contributed by atoms with Crippen molar-refractivity contribution >= 4 is 22.1 Å². The molecule has 1 atom stereocenters. The van der Waals surface area contributed by atoms with E-state index in [2.05, 4.69) is 20.0 Å². The molecule has 45 heavy (non-hydrogen) atoms. The molecule has 2 heterocycles. The predicted octanol–water partition coefficient (Wildman–Crippen LogP) is 4.46. The molecule has 2 aromatic carbocycles. The average Bonchev–Trinajstić information content (AvgIpc) is 3.64. The molecule has 0 spiro atoms. The summed E-state index contributed by atoms with van der Waals surface area (Å²) in [5.74, 6) is -1.02. The summed E-state index contributed by atoms with van der Waals surface area (Å²) in [4.78, 5) is 28.4. The summed E-state index contributed by atoms with van der Waals surface area (Å²) in [5, 5.41) is 20.2. The van der Waals surface area contributed by atoms with E-state index in [4.69, 9.17) is 4.74 Å². The largest absolute Gasteiger partial charge is 0.569 e. The second-order valence-corrected chi connectivity index (χ2v) is 11.8. The summed E-state index contributed by atoms with van der Waals surface area (Å²) >= 11 is 0. The molecule has 0 unspecified atom stereocenters. The molecule has 1 aliphatic rings. The topological polar surface area (TPSA) is 167 Å². The van der Waals surface area contributed by atoms with Gasteiger partial charge in [0.05, 0.1) is 33.9 Å². The molecule has 1 amide bonds. The molecule has 0 aliphatic carbocycles. The fraction of sp³-hybridized carbons (Fsp3) is 0.370. The van der Waals surface area contributed by atoms with E-state index < -0.39 is 52.9 Å². The molecule has 1 aliphatic heterocycles. The number of alkyl halides is 3. The molecule has 0 bridgehead atoms. The van der Waals surface area contributed by atoms with Gasteiger partial charge >= 0.3 is 12.3 Å². The van der Waals surface area contributed by atoms with Gasteiger partial charge in [0, 0.05) is 5.56 Å². The van der Waals surface area contributed by atoms with Gasteiger partial charge in [-0.05, 0) is 63.9 Å². The lowest BCUT2D eigenvalue weighted by atomic mass is 10.1. The minimum absolute atomic E-state index is 0.0482. The first kappa shape index (κ1) is 33.0. The molecule has 1 saturated heterocycles. The number of benzene rings is 2. The number of ether oxygens (including phenoxy) is 2. The number of sulfonamides is 1. The Bertz CT molecular complexity index is 1660. The Balaban J connectivity index is 1.46. The SMILES string of the molecule is Cc1ccc(-c2cc(C(F)(F)F)nn2-c2ccc(S(=O)(=O)NC(=O)[C@@H]3CCCN3/[N+]([O-])=N\OCOC(=O)OC(C)C)cc2)cc1. The van der Waals surface area contributed by atoms with Gasteiger partial charge in [-0.1, -0.05) is 29.8 Å². The number of carbonyl (C=O) groups excluding carboxylic acids is 2. The highest BCUT2D eigenvalue weighted by Gasteiger charge is 2.39. The fourth-order valence-electron chi connectivity index (χ4n) is 4.32. The summed E-state index contributed by atoms with van der Waals surface area (Å²) < 4.78 is 78.8. The van der Waals surface area contributed by atoms with Crippen LogP contribution in [0.15, 0.2) is 64.8 Å². The van der Waals surface area contributed by atoms with Gasteiger partial charge in [0.15, 0.2) is 11.7 Å². The molecule has 4 rings (SSSR count). The van der Waals surface area contributed by atoms with Crippen molar-refractivity contribution in [2.75, 3.05) is 13.3 Å². The Labute approximate surface area is 255 Å². The van der Waals surface area contributed by atoms with E-state index in [0.717, 1.165) is 33.5 Å². The quantitative estimate of drug-likeness (QED) is 0.0823. The second-order valence-electron chi connectivity index (χ2n) is 10.1. The Morgan fingerprint density at radius 2 is 1.82 bits per heavy atom. The molecular formula is C27H29F3N6O8S. The molecule has 18 heteroatoms. The van der Waals surface area contributed by atoms with Gasteiger partial charge in [0.25, 0.3) is 22.7 Å². The number of nitrogens with one attached hydrogen (secondary N) is 1. The average molecular weight is 655 g/mol. The molecule has 1 aromatic heterocycles. The van der Waals surface area contributed by atoms with Gasteiger partial charge in [-0.15, -0.1) is 5.01 Å². The predicted molar refractivity (Wildman–Crippen MR) is 149 cm³/mol. The van der Waals surface area contributed by atoms with Crippen molar-refractivity contribution in [1.82, 2.24) is 19.5 Å². The number of halogens is 3. The van der Waals surface area contributed by atoms with Crippen LogP contribution in [-0.4, -0.2) is 65.7 Å². The highest BCUT2D eigenvalue weighted by Crippen LogP contribution is 2.33. The number of hydrazine groups is 1. The van der Waals surface area contributed by atoms with E-state index >= 15 is 0 Å². The Hall–Kier alpha value is -4.87. The van der Waals surface area contributed by atoms with E-state index in [1.54, 1.807) is 38.1 Å². The number of aromatic nitrogens is 2. The van der Waals surface area contributed by atoms with Gasteiger partial charge in [0.2, 0.25) is 5.28 Å². The Morgan fingerprint density at radius 3 is 2.44 bits per heavy atom. The lowest BCUT2D eigenvalue weighted by Crippen LogP contribution is -2.47. The van der Waals surface area contributed by atoms with E-state index in [1.807, 2.05) is 11.6 Å². The molecule has 242 valence electrons. The van der Waals surface area contributed by atoms with Crippen LogP contribution in [0.4, 0.5) is 18.0 Å². The number of rotatable bonds is 10. The number of nitrogens with zero attached hydrogens (tertiary/aromatic N) is 5. The Morgan fingerprint density at radius 1 is 1.16 bits per heavy atom. The summed E-state index contributed by atoms with van der Waals surface area (Å²) in [6, 6.07) is 11.1. The van der Waals surface area contributed by atoms with E-state index in [-0.39, 0.29) is 34.2 Å². The lowest BCUT2D eigenvalue weighted by molar-refractivity contribution is -0.712. The van der Waals surface area contributed by atoms with E-state index in [1.165, 1.54) is 12.1 Å². The second kappa shape index (κ2) is 13.4. The number of amides is 1. The van der Waals surface area contributed by atoms with Crippen LogP contribution < -0.4 is 4.72 Å². The maximum absolute atomic E-state index is 13.5. The van der Waals surface area contributed by atoms with Crippen molar-refractivity contribution in [2.45, 2.75) is 56.8 Å². The standard InChI is InChI=1S/C27H29F3N6O8S/c1-17(2)44-26(38)42-16-43-33-36(39)34-14-4-5-22(34)25(37)32-45(40,41)21-12-10-20(11-13-21)35-23(15-24(31-35)27(28,29)30)19-8-6-18(3)7-9-19/h6-13,15,17,22H,4-5,14,16H2,1-3H3,(H,32,37)/b36-33+/t22-/m0/s1. The summed E-state index contributed by atoms with van der Waals surface area (Å²) in [6.07, 6.45) is -5.74. The van der Waals surface area contributed by atoms with E-state index in [0.29, 0.717) is 12.0 Å². The number of hydrogen-bond donors (Lipinski definition) is 1. The van der Waals surface area contributed by atoms with Crippen LogP contribution in [0.25, 0.3) is 16.9 Å². The normalized spacial score (nSPS) is 15.7. The van der Waals surface area contributed by atoms with Crippen LogP contribution in [0, 0.1) is 12.1 Å². The zero-order chi connectivity index (χ0) is 32.9. The first-order valence-electron chi connectivity index (χ1n) is 13.5. The number of aryl methyl sites for hydroxylation is 1. The lowest BCUT2D eigenvalue weighted by Gasteiger charge is -2.19. The maximum Gasteiger partial charge on any atom is 0.511 e. The molecule has 1 fully saturated rings. The summed E-state index contributed by atoms with van der Waals surface area (Å²) in [6.45, 7) is 4.32. The fourth-order valence-corrected chi connectivity index (χ4v) is 5.33. The number of hydrogen-bond acceptors (Lipinski definition) is 10. The van der Waals surface area contributed by atoms with Gasteiger partial charge in [-0.2, -0.15) is 18.3 Å². The number of carbonyl (C=O) groups is 2. The van der Waals surface area contributed by atoms with Crippen LogP contribution in [0.1, 0.15) is 37.9 Å². The molecule has 14 nitrogen and oxygen atoms in total. The molecule has 3 aromatic rings. The highest BCUT2D eigenvalue weighted by molar-refractivity contribution is 7.90. The van der Waals surface area contributed by atoms with Crippen molar-refractivity contribution in [3.05, 3.63) is 71.1 Å². The maximum atomic E-state index is 13.5. The van der Waals surface area contributed by atoms with Crippen molar-refractivity contribution in [1.29, 1.82) is 0 Å². The molecule has 1 N–H and O–H groups in total. The van der Waals surface area contributed by atoms with Gasteiger partial charge in [-0.3, -0.25) is 4.79 Å². The van der Waals surface area contributed by atoms with Crippen LogP contribution in [0.3, 0.4) is 0 Å². The Kier molecular flexibility index (Phi) is 9.84. The summed E-state index contributed by atoms with van der Waals surface area (Å²) in [5.41, 5.74) is 0.497. The zero-order valence-electron chi connectivity index (χ0n) is 24.2. The van der Waals surface area contributed by atoms with Gasteiger partial charge in [0.1, 0.15) is 0 Å². The van der Waals surface area contributed by atoms with Crippen molar-refractivity contribution in [2.24, 2.45) is 5.28 Å². The molecular weight excluding hydrogens is 625 g/mol. The van der Waals surface area contributed by atoms with Crippen LogP contribution in [0.2, 0.25) is 0 Å². The zero-order valence-corrected chi connectivity index (χ0v) is 25.0. The minimum Gasteiger partial charge on any atom is -0.569 e. The van der Waals surface area contributed by atoms with Gasteiger partial charge < -0.3 is 19.5 Å². The first-order chi connectivity index (χ1) is 21.2. The van der Waals surface area contributed by atoms with Gasteiger partial charge in [-0.25, -0.2) is 22.6 Å². The third-order valence-corrected chi connectivity index (χ3v) is 7.77. The van der Waals surface area contributed by atoms with Crippen molar-refractivity contribution in [3.63, 3.8) is 0 Å². The minimum atomic E-state index is -4.72. The molecule has 0 saturated carbocycles. The monoisotopic (exact) mass is 654 g/mol. The highest BCUT2D eigenvalue weighted by atomic mass is 32.2. The third-order valence-electron chi connectivity index (χ3n) is 6.41. The molecule has 0 radical (unpaired) electrons. The first-order valence-corrected chi connectivity index (χ1v) is 15.0. The van der Waals surface area contributed by atoms with E-state index in [9.17, 15) is 36.4 Å². The van der Waals surface area contributed by atoms with Crippen molar-refractivity contribution < 1.29 is 50.5 Å².